The van der Waals surface area contributed by atoms with Gasteiger partial charge in [-0.2, -0.15) is 0 Å². The molecule has 8 heteroatoms. The van der Waals surface area contributed by atoms with Crippen LogP contribution >= 0.6 is 11.6 Å². The number of pyridine rings is 2. The van der Waals surface area contributed by atoms with Crippen molar-refractivity contribution in [2.24, 2.45) is 11.6 Å². The van der Waals surface area contributed by atoms with Crippen LogP contribution in [0.5, 0.6) is 5.88 Å². The fourth-order valence-electron chi connectivity index (χ4n) is 3.73. The molecule has 2 heterocycles. The molecular formula is C22H26ClN5O2. The van der Waals surface area contributed by atoms with Gasteiger partial charge in [0.05, 0.1) is 23.3 Å². The molecule has 0 fully saturated rings. The molecule has 0 saturated carbocycles. The molecular weight excluding hydrogens is 402 g/mol. The van der Waals surface area contributed by atoms with Crippen molar-refractivity contribution in [2.45, 2.75) is 26.4 Å². The second-order valence-corrected chi connectivity index (χ2v) is 7.63. The highest BCUT2D eigenvalue weighted by atomic mass is 35.5. The number of benzene rings is 1. The van der Waals surface area contributed by atoms with Crippen molar-refractivity contribution in [1.82, 2.24) is 15.0 Å². The number of fused-ring (bicyclic) bond motifs is 1. The van der Waals surface area contributed by atoms with Crippen molar-refractivity contribution in [3.63, 3.8) is 0 Å². The number of ether oxygens (including phenoxy) is 1. The number of methoxy groups -OCH3 is 1. The first kappa shape index (κ1) is 21.8. The molecule has 1 aromatic carbocycles. The first-order chi connectivity index (χ1) is 14.1. The van der Waals surface area contributed by atoms with Gasteiger partial charge in [0.1, 0.15) is 0 Å². The van der Waals surface area contributed by atoms with Crippen molar-refractivity contribution in [3.05, 3.63) is 75.3 Å². The molecule has 0 spiro atoms. The van der Waals surface area contributed by atoms with Crippen LogP contribution in [0.25, 0.3) is 10.9 Å². The van der Waals surface area contributed by atoms with Gasteiger partial charge in [-0.3, -0.25) is 4.98 Å². The average molecular weight is 428 g/mol. The van der Waals surface area contributed by atoms with Gasteiger partial charge in [0.15, 0.2) is 5.60 Å². The molecule has 3 aromatic rings. The highest BCUT2D eigenvalue weighted by Crippen LogP contribution is 2.41. The van der Waals surface area contributed by atoms with Gasteiger partial charge in [-0.1, -0.05) is 23.7 Å². The zero-order valence-corrected chi connectivity index (χ0v) is 18.4. The zero-order chi connectivity index (χ0) is 22.2. The van der Waals surface area contributed by atoms with Crippen molar-refractivity contribution < 1.29 is 9.84 Å². The number of nitrogens with two attached hydrogens (primary N) is 2. The number of likely N-dealkylation sites (N-methyl/N-ethyl adjacent to an activating group) is 1. The largest absolute Gasteiger partial charge is 0.481 e. The maximum Gasteiger partial charge on any atom is 0.218 e. The Hall–Kier alpha value is -2.87. The van der Waals surface area contributed by atoms with Gasteiger partial charge in [0.25, 0.3) is 0 Å². The van der Waals surface area contributed by atoms with E-state index in [1.165, 1.54) is 11.2 Å². The maximum atomic E-state index is 12.1. The van der Waals surface area contributed by atoms with Crippen LogP contribution in [0.15, 0.2) is 42.2 Å². The van der Waals surface area contributed by atoms with Crippen LogP contribution in [-0.4, -0.2) is 34.2 Å². The lowest BCUT2D eigenvalue weighted by molar-refractivity contribution is 0.0870. The second-order valence-electron chi connectivity index (χ2n) is 7.25. The van der Waals surface area contributed by atoms with Crippen LogP contribution in [0.1, 0.15) is 28.1 Å². The number of aliphatic hydroxyl groups is 1. The van der Waals surface area contributed by atoms with E-state index in [2.05, 4.69) is 9.97 Å². The van der Waals surface area contributed by atoms with E-state index in [0.717, 1.165) is 5.69 Å². The Morgan fingerprint density at radius 1 is 1.20 bits per heavy atom. The lowest BCUT2D eigenvalue weighted by Gasteiger charge is -2.36. The second kappa shape index (κ2) is 8.10. The maximum absolute atomic E-state index is 12.1. The first-order valence-electron chi connectivity index (χ1n) is 9.37. The Morgan fingerprint density at radius 3 is 2.47 bits per heavy atom. The summed E-state index contributed by atoms with van der Waals surface area (Å²) in [5, 5.41) is 14.6. The number of aryl methyl sites for hydroxylation is 2. The summed E-state index contributed by atoms with van der Waals surface area (Å²) in [5.74, 6) is 6.50. The number of aromatic nitrogens is 2. The van der Waals surface area contributed by atoms with Crippen LogP contribution in [0.4, 0.5) is 0 Å². The van der Waals surface area contributed by atoms with Crippen molar-refractivity contribution >= 4 is 22.5 Å². The third kappa shape index (κ3) is 3.45. The van der Waals surface area contributed by atoms with E-state index in [1.807, 2.05) is 32.9 Å². The normalized spacial score (nSPS) is 13.9. The molecule has 0 radical (unpaired) electrons. The smallest absolute Gasteiger partial charge is 0.218 e. The monoisotopic (exact) mass is 427 g/mol. The van der Waals surface area contributed by atoms with Crippen LogP contribution < -0.4 is 16.3 Å². The number of hydrogen-bond donors (Lipinski definition) is 3. The summed E-state index contributed by atoms with van der Waals surface area (Å²) in [6.07, 6.45) is 1.29. The molecule has 0 amide bonds. The third-order valence-corrected chi connectivity index (χ3v) is 5.73. The molecule has 1 atom stereocenters. The molecule has 0 aliphatic rings. The summed E-state index contributed by atoms with van der Waals surface area (Å²) in [7, 11) is 3.17. The van der Waals surface area contributed by atoms with Gasteiger partial charge in [-0.25, -0.2) is 10.8 Å². The lowest BCUT2D eigenvalue weighted by Crippen LogP contribution is -2.42. The minimum Gasteiger partial charge on any atom is -0.481 e. The Balaban J connectivity index is 2.37. The third-order valence-electron chi connectivity index (χ3n) is 5.24. The van der Waals surface area contributed by atoms with Crippen LogP contribution in [0.2, 0.25) is 5.02 Å². The van der Waals surface area contributed by atoms with Gasteiger partial charge >= 0.3 is 0 Å². The predicted molar refractivity (Wildman–Crippen MR) is 119 cm³/mol. The highest BCUT2D eigenvalue weighted by molar-refractivity contribution is 6.36. The number of nitrogens with zero attached hydrogens (tertiary/aromatic N) is 3. The van der Waals surface area contributed by atoms with Gasteiger partial charge in [0, 0.05) is 41.1 Å². The predicted octanol–water partition coefficient (Wildman–Crippen LogP) is 3.06. The fraction of sp³-hybridized carbons (Fsp3) is 0.273. The van der Waals surface area contributed by atoms with E-state index < -0.39 is 5.60 Å². The fourth-order valence-corrected chi connectivity index (χ4v) is 3.96. The number of rotatable bonds is 5. The van der Waals surface area contributed by atoms with Crippen molar-refractivity contribution in [1.29, 1.82) is 0 Å². The SMILES string of the molecule is COc1nc2ccc(C(O)(/C(=C/N)N(C)N)c3ccc(C)nc3C)cc2c(Cl)c1C. The summed E-state index contributed by atoms with van der Waals surface area (Å²) in [6, 6.07) is 9.01. The highest BCUT2D eigenvalue weighted by Gasteiger charge is 2.39. The topological polar surface area (TPSA) is 111 Å². The van der Waals surface area contributed by atoms with Crippen molar-refractivity contribution in [2.75, 3.05) is 14.2 Å². The molecule has 0 aliphatic heterocycles. The van der Waals surface area contributed by atoms with Crippen LogP contribution in [-0.2, 0) is 5.60 Å². The Labute approximate surface area is 180 Å². The molecule has 0 bridgehead atoms. The minimum atomic E-state index is -1.66. The van der Waals surface area contributed by atoms with E-state index >= 15 is 0 Å². The molecule has 2 aromatic heterocycles. The van der Waals surface area contributed by atoms with Crippen molar-refractivity contribution in [3.8, 4) is 5.88 Å². The van der Waals surface area contributed by atoms with Crippen LogP contribution in [0, 0.1) is 20.8 Å². The molecule has 0 aliphatic carbocycles. The quantitative estimate of drug-likeness (QED) is 0.424. The first-order valence-corrected chi connectivity index (χ1v) is 9.75. The number of halogens is 1. The summed E-state index contributed by atoms with van der Waals surface area (Å²) >= 11 is 6.62. The number of hydrogen-bond acceptors (Lipinski definition) is 7. The summed E-state index contributed by atoms with van der Waals surface area (Å²) in [4.78, 5) is 9.02. The Morgan fingerprint density at radius 2 is 1.90 bits per heavy atom. The van der Waals surface area contributed by atoms with Gasteiger partial charge in [0.2, 0.25) is 5.88 Å². The van der Waals surface area contributed by atoms with E-state index in [-0.39, 0.29) is 0 Å². The molecule has 5 N–H and O–H groups in total. The molecule has 3 rings (SSSR count). The Kier molecular flexibility index (Phi) is 5.90. The molecule has 1 unspecified atom stereocenters. The summed E-state index contributed by atoms with van der Waals surface area (Å²) in [6.45, 7) is 5.56. The number of hydrazine groups is 1. The van der Waals surface area contributed by atoms with Gasteiger partial charge in [-0.15, -0.1) is 0 Å². The van der Waals surface area contributed by atoms with Gasteiger partial charge < -0.3 is 20.6 Å². The molecule has 0 saturated heterocycles. The zero-order valence-electron chi connectivity index (χ0n) is 17.7. The minimum absolute atomic E-state index is 0.296. The van der Waals surface area contributed by atoms with E-state index in [0.29, 0.717) is 49.9 Å². The molecule has 7 nitrogen and oxygen atoms in total. The standard InChI is InChI=1S/C22H26ClN5O2/c1-12-6-8-17(14(3)26-12)22(29,19(11-24)28(4)25)15-7-9-18-16(10-15)20(23)13(2)21(27-18)30-5/h6-11,29H,24-25H2,1-5H3/b19-11-. The summed E-state index contributed by atoms with van der Waals surface area (Å²) in [5.41, 5.74) is 8.50. The summed E-state index contributed by atoms with van der Waals surface area (Å²) < 4.78 is 5.31. The molecule has 30 heavy (non-hydrogen) atoms. The molecule has 158 valence electrons. The Bertz CT molecular complexity index is 1150. The van der Waals surface area contributed by atoms with E-state index in [9.17, 15) is 5.11 Å². The van der Waals surface area contributed by atoms with E-state index in [1.54, 1.807) is 32.4 Å². The van der Waals surface area contributed by atoms with Gasteiger partial charge in [-0.05, 0) is 44.5 Å². The van der Waals surface area contributed by atoms with Crippen LogP contribution in [0.3, 0.4) is 0 Å². The average Bonchev–Trinajstić information content (AvgIpc) is 2.70. The lowest BCUT2D eigenvalue weighted by atomic mass is 9.81. The van der Waals surface area contributed by atoms with E-state index in [4.69, 9.17) is 27.9 Å².